The molecule has 0 atom stereocenters. The van der Waals surface area contributed by atoms with Crippen LogP contribution in [0.2, 0.25) is 0 Å². The summed E-state index contributed by atoms with van der Waals surface area (Å²) in [5.74, 6) is -7.34. The minimum absolute atomic E-state index is 0.0373. The van der Waals surface area contributed by atoms with E-state index in [1.807, 2.05) is 0 Å². The van der Waals surface area contributed by atoms with Gasteiger partial charge in [-0.25, -0.2) is 0 Å². The Bertz CT molecular complexity index is 562. The van der Waals surface area contributed by atoms with Crippen LogP contribution in [0.5, 0.6) is 11.5 Å². The average Bonchev–Trinajstić information content (AvgIpc) is 2.41. The van der Waals surface area contributed by atoms with Crippen LogP contribution in [0.25, 0.3) is 0 Å². The van der Waals surface area contributed by atoms with Crippen molar-refractivity contribution in [2.75, 3.05) is 14.2 Å². The third kappa shape index (κ3) is 4.79. The van der Waals surface area contributed by atoms with Gasteiger partial charge in [-0.15, -0.1) is 0 Å². The Labute approximate surface area is 136 Å². The molecule has 0 aromatic heterocycles. The molecule has 0 amide bonds. The third-order valence-corrected chi connectivity index (χ3v) is 4.73. The van der Waals surface area contributed by atoms with Gasteiger partial charge in [0.1, 0.15) is 11.5 Å². The number of ether oxygens (including phenoxy) is 2. The van der Waals surface area contributed by atoms with Gasteiger partial charge in [-0.2, -0.15) is 13.2 Å². The lowest BCUT2D eigenvalue weighted by atomic mass is 10.0. The molecule has 0 saturated carbocycles. The molecule has 1 aromatic rings. The van der Waals surface area contributed by atoms with Gasteiger partial charge in [0.15, 0.2) is 0 Å². The number of methoxy groups -OCH3 is 2. The van der Waals surface area contributed by atoms with Gasteiger partial charge in [-0.05, 0) is 22.9 Å². The summed E-state index contributed by atoms with van der Waals surface area (Å²) in [6, 6.07) is 1.90. The first-order valence-corrected chi connectivity index (χ1v) is 7.85. The lowest BCUT2D eigenvalue weighted by Gasteiger charge is -2.32. The fraction of sp³-hybridized carbons (Fsp3) is 0.455. The van der Waals surface area contributed by atoms with Crippen LogP contribution in [-0.4, -0.2) is 46.1 Å². The maximum absolute atomic E-state index is 12.3. The molecular weight excluding hydrogens is 363 g/mol. The summed E-state index contributed by atoms with van der Waals surface area (Å²) in [6.07, 6.45) is 0. The standard InChI is InChI=1S/C11H14F3NO6S2/c1-20-6-4-8(22-23-11(12,13)14)7(21-2)3-5(6)9(16,17)10(15,18)19/h3-4,16-19H,15H2,1-2H3. The van der Waals surface area contributed by atoms with Gasteiger partial charge in [-0.3, -0.25) is 5.73 Å². The Hall–Kier alpha value is -0.890. The Morgan fingerprint density at radius 3 is 1.91 bits per heavy atom. The zero-order chi connectivity index (χ0) is 18.1. The van der Waals surface area contributed by atoms with E-state index < -0.39 is 33.6 Å². The SMILES string of the molecule is COc1cc(C(O)(O)C(N)(O)O)c(OC)cc1SSC(F)(F)F. The molecule has 0 saturated heterocycles. The first-order chi connectivity index (χ1) is 10.3. The quantitative estimate of drug-likeness (QED) is 0.360. The molecule has 132 valence electrons. The van der Waals surface area contributed by atoms with Crippen molar-refractivity contribution in [1.29, 1.82) is 0 Å². The van der Waals surface area contributed by atoms with E-state index in [4.69, 9.17) is 15.2 Å². The molecule has 0 fully saturated rings. The van der Waals surface area contributed by atoms with E-state index in [0.717, 1.165) is 26.4 Å². The summed E-state index contributed by atoms with van der Waals surface area (Å²) in [5, 5.41) is 38.1. The number of benzene rings is 1. The predicted molar refractivity (Wildman–Crippen MR) is 76.5 cm³/mol. The molecule has 12 heteroatoms. The molecule has 0 heterocycles. The second-order valence-electron chi connectivity index (χ2n) is 4.21. The molecule has 0 bridgehead atoms. The first-order valence-electron chi connectivity index (χ1n) is 5.70. The van der Waals surface area contributed by atoms with Crippen LogP contribution in [0.4, 0.5) is 13.2 Å². The average molecular weight is 377 g/mol. The topological polar surface area (TPSA) is 125 Å². The molecule has 0 aliphatic rings. The van der Waals surface area contributed by atoms with E-state index in [9.17, 15) is 33.6 Å². The number of alkyl halides is 3. The molecule has 0 spiro atoms. The molecule has 23 heavy (non-hydrogen) atoms. The number of hydrogen-bond donors (Lipinski definition) is 5. The Morgan fingerprint density at radius 2 is 1.52 bits per heavy atom. The van der Waals surface area contributed by atoms with E-state index in [1.54, 1.807) is 0 Å². The van der Waals surface area contributed by atoms with Crippen LogP contribution in [-0.2, 0) is 5.79 Å². The molecule has 1 rings (SSSR count). The zero-order valence-corrected chi connectivity index (χ0v) is 13.4. The predicted octanol–water partition coefficient (Wildman–Crippen LogP) is 0.698. The molecule has 0 radical (unpaired) electrons. The number of halogens is 3. The second kappa shape index (κ2) is 6.93. The number of hydrogen-bond acceptors (Lipinski definition) is 9. The van der Waals surface area contributed by atoms with Gasteiger partial charge in [-0.1, -0.05) is 0 Å². The Balaban J connectivity index is 3.36. The number of nitrogens with two attached hydrogens (primary N) is 1. The van der Waals surface area contributed by atoms with Crippen LogP contribution in [0.15, 0.2) is 17.0 Å². The summed E-state index contributed by atoms with van der Waals surface area (Å²) in [5.41, 5.74) is -0.247. The molecular formula is C11H14F3NO6S2. The maximum atomic E-state index is 12.3. The van der Waals surface area contributed by atoms with Crippen LogP contribution >= 0.6 is 21.6 Å². The van der Waals surface area contributed by atoms with Crippen molar-refractivity contribution in [2.45, 2.75) is 22.1 Å². The van der Waals surface area contributed by atoms with Gasteiger partial charge >= 0.3 is 5.51 Å². The summed E-state index contributed by atoms with van der Waals surface area (Å²) in [4.78, 5) is -0.0373. The first kappa shape index (κ1) is 20.2. The fourth-order valence-electron chi connectivity index (χ4n) is 1.50. The number of aliphatic hydroxyl groups is 4. The Kier molecular flexibility index (Phi) is 6.07. The van der Waals surface area contributed by atoms with Crippen LogP contribution in [0.1, 0.15) is 5.56 Å². The lowest BCUT2D eigenvalue weighted by molar-refractivity contribution is -0.363. The normalized spacial score (nSPS) is 13.1. The van der Waals surface area contributed by atoms with Gasteiger partial charge in [0.05, 0.1) is 24.7 Å². The van der Waals surface area contributed by atoms with Gasteiger partial charge < -0.3 is 29.9 Å². The van der Waals surface area contributed by atoms with Crippen molar-refractivity contribution in [1.82, 2.24) is 0 Å². The van der Waals surface area contributed by atoms with Crippen molar-refractivity contribution in [2.24, 2.45) is 5.73 Å². The largest absolute Gasteiger partial charge is 0.496 e. The minimum atomic E-state index is -4.51. The lowest BCUT2D eigenvalue weighted by Crippen LogP contribution is -2.58. The highest BCUT2D eigenvalue weighted by molar-refractivity contribution is 8.77. The summed E-state index contributed by atoms with van der Waals surface area (Å²) < 4.78 is 46.6. The van der Waals surface area contributed by atoms with E-state index >= 15 is 0 Å². The third-order valence-electron chi connectivity index (χ3n) is 2.60. The monoisotopic (exact) mass is 377 g/mol. The highest BCUT2D eigenvalue weighted by Crippen LogP contribution is 2.49. The van der Waals surface area contributed by atoms with Crippen molar-refractivity contribution in [3.63, 3.8) is 0 Å². The molecule has 0 unspecified atom stereocenters. The maximum Gasteiger partial charge on any atom is 0.452 e. The molecule has 1 aromatic carbocycles. The minimum Gasteiger partial charge on any atom is -0.496 e. The van der Waals surface area contributed by atoms with E-state index in [2.05, 4.69) is 0 Å². The van der Waals surface area contributed by atoms with Crippen molar-refractivity contribution < 1.29 is 43.1 Å². The Morgan fingerprint density at radius 1 is 1.00 bits per heavy atom. The smallest absolute Gasteiger partial charge is 0.452 e. The van der Waals surface area contributed by atoms with Crippen molar-refractivity contribution in [3.8, 4) is 11.5 Å². The molecule has 0 aliphatic heterocycles. The summed E-state index contributed by atoms with van der Waals surface area (Å²) in [7, 11) is 2.12. The van der Waals surface area contributed by atoms with E-state index in [1.165, 1.54) is 0 Å². The van der Waals surface area contributed by atoms with Crippen LogP contribution in [0, 0.1) is 0 Å². The molecule has 0 aliphatic carbocycles. The van der Waals surface area contributed by atoms with E-state index in [-0.39, 0.29) is 16.4 Å². The zero-order valence-electron chi connectivity index (χ0n) is 11.8. The highest BCUT2D eigenvalue weighted by atomic mass is 33.1. The van der Waals surface area contributed by atoms with Crippen molar-refractivity contribution >= 4 is 21.6 Å². The van der Waals surface area contributed by atoms with Crippen LogP contribution < -0.4 is 15.2 Å². The van der Waals surface area contributed by atoms with E-state index in [0.29, 0.717) is 10.8 Å². The van der Waals surface area contributed by atoms with Crippen molar-refractivity contribution in [3.05, 3.63) is 17.7 Å². The molecule has 7 nitrogen and oxygen atoms in total. The fourth-order valence-corrected chi connectivity index (χ4v) is 3.00. The van der Waals surface area contributed by atoms with Gasteiger partial charge in [0.25, 0.3) is 11.7 Å². The second-order valence-corrected chi connectivity index (χ2v) is 6.45. The summed E-state index contributed by atoms with van der Waals surface area (Å²) >= 11 is 0. The van der Waals surface area contributed by atoms with Gasteiger partial charge in [0, 0.05) is 10.8 Å². The highest BCUT2D eigenvalue weighted by Gasteiger charge is 2.48. The molecule has 6 N–H and O–H groups in total. The summed E-state index contributed by atoms with van der Waals surface area (Å²) in [6.45, 7) is 0. The number of rotatable bonds is 6. The van der Waals surface area contributed by atoms with Crippen LogP contribution in [0.3, 0.4) is 0 Å². The van der Waals surface area contributed by atoms with Gasteiger partial charge in [0.2, 0.25) is 0 Å².